The molecule has 2 aromatic rings. The fourth-order valence-corrected chi connectivity index (χ4v) is 2.16. The molecule has 132 valence electrons. The van der Waals surface area contributed by atoms with Gasteiger partial charge in [0.2, 0.25) is 5.91 Å². The van der Waals surface area contributed by atoms with Crippen molar-refractivity contribution in [3.63, 3.8) is 0 Å². The Balaban J connectivity index is 1.87. The van der Waals surface area contributed by atoms with Crippen LogP contribution in [0.1, 0.15) is 28.9 Å². The zero-order valence-corrected chi connectivity index (χ0v) is 13.8. The van der Waals surface area contributed by atoms with Gasteiger partial charge in [-0.05, 0) is 48.9 Å². The van der Waals surface area contributed by atoms with Gasteiger partial charge in [0.25, 0.3) is 0 Å². The van der Waals surface area contributed by atoms with Crippen molar-refractivity contribution in [1.29, 1.82) is 0 Å². The van der Waals surface area contributed by atoms with E-state index >= 15 is 0 Å². The Kier molecular flexibility index (Phi) is 6.19. The average molecular weight is 348 g/mol. The van der Waals surface area contributed by atoms with Gasteiger partial charge in [-0.1, -0.05) is 6.07 Å². The molecule has 1 atom stereocenters. The van der Waals surface area contributed by atoms with Gasteiger partial charge in [0, 0.05) is 11.7 Å². The van der Waals surface area contributed by atoms with E-state index < -0.39 is 17.6 Å². The van der Waals surface area contributed by atoms with Gasteiger partial charge in [0.15, 0.2) is 11.6 Å². The zero-order chi connectivity index (χ0) is 18.4. The van der Waals surface area contributed by atoms with Crippen LogP contribution in [0.5, 0.6) is 0 Å². The Morgan fingerprint density at radius 3 is 2.36 bits per heavy atom. The lowest BCUT2D eigenvalue weighted by Gasteiger charge is -2.14. The molecule has 0 saturated carbocycles. The lowest BCUT2D eigenvalue weighted by molar-refractivity contribution is -0.115. The van der Waals surface area contributed by atoms with E-state index in [0.29, 0.717) is 16.8 Å². The van der Waals surface area contributed by atoms with Gasteiger partial charge < -0.3 is 15.4 Å². The van der Waals surface area contributed by atoms with E-state index in [1.165, 1.54) is 13.2 Å². The molecule has 2 N–H and O–H groups in total. The topological polar surface area (TPSA) is 67.4 Å². The number of nitrogens with one attached hydrogen (secondary N) is 2. The molecular weight excluding hydrogens is 330 g/mol. The van der Waals surface area contributed by atoms with Gasteiger partial charge in [0.05, 0.1) is 19.2 Å². The molecule has 0 heterocycles. The summed E-state index contributed by atoms with van der Waals surface area (Å²) >= 11 is 0. The molecule has 0 saturated heterocycles. The summed E-state index contributed by atoms with van der Waals surface area (Å²) in [4.78, 5) is 23.3. The molecule has 7 heteroatoms. The van der Waals surface area contributed by atoms with E-state index in [-0.39, 0.29) is 18.5 Å². The number of esters is 1. The summed E-state index contributed by atoms with van der Waals surface area (Å²) in [6, 6.07) is 9.52. The summed E-state index contributed by atoms with van der Waals surface area (Å²) in [6.07, 6.45) is 0. The summed E-state index contributed by atoms with van der Waals surface area (Å²) in [7, 11) is 1.29. The Hall–Kier alpha value is -2.80. The first-order valence-corrected chi connectivity index (χ1v) is 7.57. The van der Waals surface area contributed by atoms with Crippen molar-refractivity contribution < 1.29 is 23.1 Å². The van der Waals surface area contributed by atoms with E-state index in [4.69, 9.17) is 0 Å². The summed E-state index contributed by atoms with van der Waals surface area (Å²) in [6.45, 7) is 1.73. The molecule has 0 bridgehead atoms. The molecule has 0 aliphatic heterocycles. The van der Waals surface area contributed by atoms with E-state index in [1.54, 1.807) is 31.2 Å². The Morgan fingerprint density at radius 1 is 1.08 bits per heavy atom. The third kappa shape index (κ3) is 5.09. The van der Waals surface area contributed by atoms with Crippen LogP contribution in [-0.4, -0.2) is 25.5 Å². The molecule has 0 aromatic heterocycles. The largest absolute Gasteiger partial charge is 0.465 e. The van der Waals surface area contributed by atoms with Gasteiger partial charge in [-0.3, -0.25) is 4.79 Å². The van der Waals surface area contributed by atoms with Crippen LogP contribution in [0.15, 0.2) is 42.5 Å². The van der Waals surface area contributed by atoms with Crippen molar-refractivity contribution in [3.05, 3.63) is 65.2 Å². The van der Waals surface area contributed by atoms with Crippen LogP contribution in [0.2, 0.25) is 0 Å². The predicted molar refractivity (Wildman–Crippen MR) is 89.2 cm³/mol. The molecule has 2 rings (SSSR count). The van der Waals surface area contributed by atoms with Gasteiger partial charge in [0.1, 0.15) is 0 Å². The maximum absolute atomic E-state index is 13.2. The first-order chi connectivity index (χ1) is 11.9. The minimum Gasteiger partial charge on any atom is -0.465 e. The van der Waals surface area contributed by atoms with E-state index in [9.17, 15) is 18.4 Å². The second kappa shape index (κ2) is 8.34. The van der Waals surface area contributed by atoms with E-state index in [2.05, 4.69) is 15.4 Å². The first-order valence-electron chi connectivity index (χ1n) is 7.57. The van der Waals surface area contributed by atoms with E-state index in [0.717, 1.165) is 12.1 Å². The molecule has 25 heavy (non-hydrogen) atoms. The predicted octanol–water partition coefficient (Wildman–Crippen LogP) is 3.04. The highest BCUT2D eigenvalue weighted by Crippen LogP contribution is 2.16. The number of rotatable bonds is 6. The number of methoxy groups -OCH3 is 1. The highest BCUT2D eigenvalue weighted by Gasteiger charge is 2.11. The van der Waals surface area contributed by atoms with Crippen LogP contribution < -0.4 is 10.6 Å². The number of benzene rings is 2. The second-order valence-corrected chi connectivity index (χ2v) is 5.39. The molecule has 0 spiro atoms. The van der Waals surface area contributed by atoms with Crippen LogP contribution in [0.4, 0.5) is 14.5 Å². The molecule has 0 unspecified atom stereocenters. The molecule has 1 amide bonds. The molecule has 0 radical (unpaired) electrons. The minimum absolute atomic E-state index is 0.0150. The van der Waals surface area contributed by atoms with Crippen molar-refractivity contribution in [1.82, 2.24) is 5.32 Å². The maximum atomic E-state index is 13.2. The molecule has 0 aliphatic rings. The maximum Gasteiger partial charge on any atom is 0.337 e. The third-order valence-corrected chi connectivity index (χ3v) is 3.60. The van der Waals surface area contributed by atoms with Gasteiger partial charge in [-0.2, -0.15) is 0 Å². The van der Waals surface area contributed by atoms with Crippen LogP contribution in [0.3, 0.4) is 0 Å². The highest BCUT2D eigenvalue weighted by molar-refractivity contribution is 5.93. The molecule has 0 fully saturated rings. The zero-order valence-electron chi connectivity index (χ0n) is 13.8. The smallest absolute Gasteiger partial charge is 0.337 e. The Bertz CT molecular complexity index is 763. The average Bonchev–Trinajstić information content (AvgIpc) is 2.62. The number of anilines is 1. The van der Waals surface area contributed by atoms with Gasteiger partial charge in [-0.25, -0.2) is 13.6 Å². The van der Waals surface area contributed by atoms with Crippen molar-refractivity contribution in [2.24, 2.45) is 0 Å². The van der Waals surface area contributed by atoms with E-state index in [1.807, 2.05) is 0 Å². The number of halogens is 2. The van der Waals surface area contributed by atoms with Crippen molar-refractivity contribution >= 4 is 17.6 Å². The summed E-state index contributed by atoms with van der Waals surface area (Å²) in [5, 5.41) is 5.59. The number of hydrogen-bond acceptors (Lipinski definition) is 4. The minimum atomic E-state index is -0.929. The number of carbonyl (C=O) groups excluding carboxylic acids is 2. The number of amides is 1. The third-order valence-electron chi connectivity index (χ3n) is 3.60. The monoisotopic (exact) mass is 348 g/mol. The van der Waals surface area contributed by atoms with Crippen LogP contribution in [0.25, 0.3) is 0 Å². The Morgan fingerprint density at radius 2 is 1.76 bits per heavy atom. The van der Waals surface area contributed by atoms with Gasteiger partial charge >= 0.3 is 5.97 Å². The second-order valence-electron chi connectivity index (χ2n) is 5.39. The number of hydrogen-bond donors (Lipinski definition) is 2. The molecule has 5 nitrogen and oxygen atoms in total. The lowest BCUT2D eigenvalue weighted by Crippen LogP contribution is -2.30. The van der Waals surface area contributed by atoms with Crippen molar-refractivity contribution in [2.45, 2.75) is 13.0 Å². The fourth-order valence-electron chi connectivity index (χ4n) is 2.16. The van der Waals surface area contributed by atoms with Crippen molar-refractivity contribution in [2.75, 3.05) is 19.0 Å². The summed E-state index contributed by atoms with van der Waals surface area (Å²) in [5.41, 5.74) is 1.44. The van der Waals surface area contributed by atoms with Crippen LogP contribution in [0, 0.1) is 11.6 Å². The highest BCUT2D eigenvalue weighted by atomic mass is 19.2. The van der Waals surface area contributed by atoms with Crippen LogP contribution in [-0.2, 0) is 9.53 Å². The summed E-state index contributed by atoms with van der Waals surface area (Å²) in [5.74, 6) is -2.61. The standard InChI is InChI=1S/C18H18F2N2O3/c1-11(13-5-8-15(19)16(20)9-13)21-10-17(23)22-14-6-3-12(4-7-14)18(24)25-2/h3-9,11,21H,10H2,1-2H3,(H,22,23)/t11-/m0/s1. The lowest BCUT2D eigenvalue weighted by atomic mass is 10.1. The fraction of sp³-hybridized carbons (Fsp3) is 0.222. The first kappa shape index (κ1) is 18.5. The molecule has 2 aromatic carbocycles. The number of ether oxygens (including phenoxy) is 1. The summed E-state index contributed by atoms with van der Waals surface area (Å²) < 4.78 is 30.8. The number of carbonyl (C=O) groups is 2. The molecule has 0 aliphatic carbocycles. The van der Waals surface area contributed by atoms with Gasteiger partial charge in [-0.15, -0.1) is 0 Å². The SMILES string of the molecule is COC(=O)c1ccc(NC(=O)CN[C@@H](C)c2ccc(F)c(F)c2)cc1. The quantitative estimate of drug-likeness (QED) is 0.788. The van der Waals surface area contributed by atoms with Crippen molar-refractivity contribution in [3.8, 4) is 0 Å². The van der Waals surface area contributed by atoms with Crippen LogP contribution >= 0.6 is 0 Å². The Labute approximate surface area is 144 Å². The normalized spacial score (nSPS) is 11.7. The molecular formula is C18H18F2N2O3.